The second kappa shape index (κ2) is 20.7. The molecule has 1 amide bonds. The van der Waals surface area contributed by atoms with E-state index in [1.54, 1.807) is 33.8 Å². The van der Waals surface area contributed by atoms with Gasteiger partial charge in [0.1, 0.15) is 23.7 Å². The number of halogens is 3. The Kier molecular flexibility index (Phi) is 17.2. The number of Topliss-reactive ketones (excluding diaryl/α,β-unsaturated/α-hetero) is 1. The van der Waals surface area contributed by atoms with Crippen LogP contribution in [0.5, 0.6) is 0 Å². The average molecular weight is 875 g/mol. The lowest BCUT2D eigenvalue weighted by Gasteiger charge is -2.47. The van der Waals surface area contributed by atoms with E-state index in [-0.39, 0.29) is 38.1 Å². The number of carbonyl (C=O) groups is 3. The highest BCUT2D eigenvalue weighted by Gasteiger charge is 2.51. The second-order valence-electron chi connectivity index (χ2n) is 18.1. The minimum absolute atomic E-state index is 0.0332. The number of esters is 1. The lowest BCUT2D eigenvalue weighted by molar-refractivity contribution is -0.298. The zero-order chi connectivity index (χ0) is 45.8. The molecule has 61 heavy (non-hydrogen) atoms. The predicted molar refractivity (Wildman–Crippen MR) is 219 cm³/mol. The molecule has 5 N–H and O–H groups in total. The number of amides is 1. The summed E-state index contributed by atoms with van der Waals surface area (Å²) in [5, 5.41) is 48.6. The van der Waals surface area contributed by atoms with Crippen molar-refractivity contribution >= 4 is 23.3 Å². The number of aliphatic hydroxyl groups is 4. The molecule has 14 atom stereocenters. The largest absolute Gasteiger partial charge is 0.459 e. The molecule has 348 valence electrons. The van der Waals surface area contributed by atoms with Crippen molar-refractivity contribution in [1.29, 1.82) is 0 Å². The van der Waals surface area contributed by atoms with E-state index in [1.165, 1.54) is 26.8 Å². The van der Waals surface area contributed by atoms with E-state index in [9.17, 15) is 48.0 Å². The van der Waals surface area contributed by atoms with Gasteiger partial charge in [-0.05, 0) is 86.2 Å². The molecule has 0 saturated carbocycles. The van der Waals surface area contributed by atoms with Gasteiger partial charge in [0.25, 0.3) is 0 Å². The minimum atomic E-state index is -4.47. The maximum atomic E-state index is 14.4. The summed E-state index contributed by atoms with van der Waals surface area (Å²) < 4.78 is 65.2. The van der Waals surface area contributed by atoms with E-state index in [0.29, 0.717) is 38.3 Å². The van der Waals surface area contributed by atoms with Crippen molar-refractivity contribution in [3.63, 3.8) is 0 Å². The van der Waals surface area contributed by atoms with E-state index in [2.05, 4.69) is 5.32 Å². The fourth-order valence-corrected chi connectivity index (χ4v) is 8.94. The molecule has 0 radical (unpaired) electrons. The van der Waals surface area contributed by atoms with E-state index in [4.69, 9.17) is 18.9 Å². The number of benzene rings is 1. The number of hydrogen-bond acceptors (Lipinski definition) is 14. The molecule has 18 heteroatoms. The fourth-order valence-electron chi connectivity index (χ4n) is 8.94. The van der Waals surface area contributed by atoms with Crippen LogP contribution < -0.4 is 10.2 Å². The van der Waals surface area contributed by atoms with Gasteiger partial charge < -0.3 is 54.5 Å². The molecular weight excluding hydrogens is 805 g/mol. The summed E-state index contributed by atoms with van der Waals surface area (Å²) in [5.74, 6) is -5.90. The smallest absolute Gasteiger partial charge is 0.416 e. The summed E-state index contributed by atoms with van der Waals surface area (Å²) in [4.78, 5) is 47.4. The van der Waals surface area contributed by atoms with Crippen molar-refractivity contribution < 1.29 is 66.9 Å². The number of alkyl halides is 3. The third kappa shape index (κ3) is 12.4. The quantitative estimate of drug-likeness (QED) is 0.170. The molecule has 3 aliphatic rings. The Balaban J connectivity index is 1.65. The van der Waals surface area contributed by atoms with Gasteiger partial charge in [0.2, 0.25) is 5.91 Å². The summed E-state index contributed by atoms with van der Waals surface area (Å²) in [7, 11) is 3.63. The standard InChI is InChI=1S/C43H69F3N4O11/c1-11-33-42(8,57)36(54)28(6)38(55)47-24(2)21-41(7,58-23-31(51)22-49-15-17-50(18-16-49)30-14-12-13-29(20-30)43(44,45)46)37(26(4)34(52)27(5)39(56)60-33)61-40-35(53)32(48(9)10)19-25(3)59-40/h12-14,20,24-28,31-33,35-37,40,51,53-54,57H,11,15-19,21-23H2,1-10H3,(H,47,55)/t24-,25-,26+,27-,28-,31?,32+,33-,35-,36-,37-,40+,41-,42-/m1/s1. The predicted octanol–water partition coefficient (Wildman–Crippen LogP) is 2.59. The highest BCUT2D eigenvalue weighted by Crippen LogP contribution is 2.37. The van der Waals surface area contributed by atoms with E-state index in [0.717, 1.165) is 12.1 Å². The Hall–Kier alpha value is -2.94. The van der Waals surface area contributed by atoms with Crippen LogP contribution in [-0.4, -0.2) is 168 Å². The summed E-state index contributed by atoms with van der Waals surface area (Å²) in [6, 6.07) is 4.05. The normalized spacial score (nSPS) is 37.4. The molecule has 0 spiro atoms. The van der Waals surface area contributed by atoms with Crippen molar-refractivity contribution in [3.05, 3.63) is 29.8 Å². The lowest BCUT2D eigenvalue weighted by atomic mass is 9.79. The van der Waals surface area contributed by atoms with E-state index in [1.807, 2.05) is 35.7 Å². The SMILES string of the molecule is CC[C@H]1OC(=O)[C@H](C)C(=O)[C@H](C)[C@@H](O[C@@H]2O[C@H](C)C[C@H](N(C)C)[C@H]2O)[C@](C)(OCC(O)CN2CCN(c3cccc(C(F)(F)F)c3)CC2)C[C@@H](C)NC(=O)[C@H](C)[C@@H](O)[C@]1(C)O. The maximum absolute atomic E-state index is 14.4. The molecule has 0 aliphatic carbocycles. The Labute approximate surface area is 357 Å². The number of ether oxygens (including phenoxy) is 4. The maximum Gasteiger partial charge on any atom is 0.416 e. The Morgan fingerprint density at radius 1 is 1.02 bits per heavy atom. The second-order valence-corrected chi connectivity index (χ2v) is 18.1. The molecule has 1 aromatic carbocycles. The highest BCUT2D eigenvalue weighted by molar-refractivity contribution is 6.00. The van der Waals surface area contributed by atoms with Crippen LogP contribution in [0.4, 0.5) is 18.9 Å². The number of ketones is 1. The third-order valence-electron chi connectivity index (χ3n) is 12.7. The minimum Gasteiger partial charge on any atom is -0.459 e. The molecule has 0 bridgehead atoms. The van der Waals surface area contributed by atoms with Crippen molar-refractivity contribution in [2.45, 2.75) is 147 Å². The third-order valence-corrected chi connectivity index (χ3v) is 12.7. The van der Waals surface area contributed by atoms with Crippen molar-refractivity contribution in [2.24, 2.45) is 17.8 Å². The highest BCUT2D eigenvalue weighted by atomic mass is 19.4. The Bertz CT molecular complexity index is 1630. The van der Waals surface area contributed by atoms with Gasteiger partial charge in [-0.15, -0.1) is 0 Å². The molecule has 3 aliphatic heterocycles. The molecule has 0 aromatic heterocycles. The van der Waals surface area contributed by atoms with Gasteiger partial charge in [-0.25, -0.2) is 0 Å². The van der Waals surface area contributed by atoms with Gasteiger partial charge in [-0.3, -0.25) is 19.3 Å². The number of piperazine rings is 1. The van der Waals surface area contributed by atoms with Gasteiger partial charge in [0, 0.05) is 56.4 Å². The monoisotopic (exact) mass is 874 g/mol. The number of cyclic esters (lactones) is 1. The number of hydrogen-bond donors (Lipinski definition) is 5. The molecule has 3 saturated heterocycles. The fraction of sp³-hybridized carbons (Fsp3) is 0.791. The molecule has 1 aromatic rings. The van der Waals surface area contributed by atoms with Gasteiger partial charge in [0.15, 0.2) is 12.1 Å². The van der Waals surface area contributed by atoms with Crippen LogP contribution in [0.2, 0.25) is 0 Å². The van der Waals surface area contributed by atoms with Crippen LogP contribution >= 0.6 is 0 Å². The van der Waals surface area contributed by atoms with Gasteiger partial charge in [0.05, 0.1) is 48.1 Å². The van der Waals surface area contributed by atoms with Crippen LogP contribution in [0.1, 0.15) is 80.2 Å². The summed E-state index contributed by atoms with van der Waals surface area (Å²) >= 11 is 0. The number of β-amino-alcohol motifs (C(OH)–C–C–N with tert-alkyl or cyclic N) is 1. The van der Waals surface area contributed by atoms with Crippen LogP contribution in [0, 0.1) is 17.8 Å². The summed E-state index contributed by atoms with van der Waals surface area (Å²) in [6.07, 6.45) is -12.1. The number of nitrogens with zero attached hydrogens (tertiary/aromatic N) is 3. The van der Waals surface area contributed by atoms with Crippen LogP contribution in [0.25, 0.3) is 0 Å². The Morgan fingerprint density at radius 2 is 1.66 bits per heavy atom. The van der Waals surface area contributed by atoms with E-state index >= 15 is 0 Å². The lowest BCUT2D eigenvalue weighted by Crippen LogP contribution is -2.60. The molecule has 4 rings (SSSR count). The zero-order valence-electron chi connectivity index (χ0n) is 37.2. The van der Waals surface area contributed by atoms with Crippen molar-refractivity contribution in [1.82, 2.24) is 15.1 Å². The average Bonchev–Trinajstić information content (AvgIpc) is 3.20. The molecular formula is C43H69F3N4O11. The topological polar surface area (TPSA) is 191 Å². The van der Waals surface area contributed by atoms with Crippen LogP contribution in [0.3, 0.4) is 0 Å². The number of aliphatic hydroxyl groups excluding tert-OH is 3. The number of rotatable bonds is 10. The van der Waals surface area contributed by atoms with Crippen molar-refractivity contribution in [2.75, 3.05) is 58.3 Å². The van der Waals surface area contributed by atoms with Gasteiger partial charge >= 0.3 is 12.1 Å². The first kappa shape index (κ1) is 50.7. The van der Waals surface area contributed by atoms with Crippen LogP contribution in [-0.2, 0) is 39.5 Å². The Morgan fingerprint density at radius 3 is 2.25 bits per heavy atom. The van der Waals surface area contributed by atoms with Gasteiger partial charge in [-0.1, -0.05) is 26.8 Å². The number of nitrogens with one attached hydrogen (secondary N) is 1. The number of anilines is 1. The first-order valence-corrected chi connectivity index (χ1v) is 21.4. The zero-order valence-corrected chi connectivity index (χ0v) is 37.2. The molecule has 3 fully saturated rings. The first-order chi connectivity index (χ1) is 28.3. The molecule has 3 heterocycles. The van der Waals surface area contributed by atoms with Crippen molar-refractivity contribution in [3.8, 4) is 0 Å². The summed E-state index contributed by atoms with van der Waals surface area (Å²) in [5.41, 5.74) is -3.89. The molecule has 15 nitrogen and oxygen atoms in total. The number of carbonyl (C=O) groups excluding carboxylic acids is 3. The van der Waals surface area contributed by atoms with Crippen LogP contribution in [0.15, 0.2) is 24.3 Å². The summed E-state index contributed by atoms with van der Waals surface area (Å²) in [6.45, 7) is 14.0. The first-order valence-electron chi connectivity index (χ1n) is 21.4. The molecule has 1 unspecified atom stereocenters. The van der Waals surface area contributed by atoms with Gasteiger partial charge in [-0.2, -0.15) is 13.2 Å². The number of likely N-dealkylation sites (N-methyl/N-ethyl adjacent to an activating group) is 1. The van der Waals surface area contributed by atoms with E-state index < -0.39 is 101 Å².